The number of alkyl halides is 1. The summed E-state index contributed by atoms with van der Waals surface area (Å²) in [5, 5.41) is 0.600. The molecular formula is C16H13Cl2N3. The standard InChI is InChI=1S/C16H13Cl2N3/c17-8-15-20-14-7-12(18)9-19-16(14)21(15)13-5-10-3-1-2-4-11(10)6-13/h1-4,7,9,13H,5-6,8H2. The zero-order valence-corrected chi connectivity index (χ0v) is 12.8. The fourth-order valence-electron chi connectivity index (χ4n) is 3.20. The molecule has 3 nitrogen and oxygen atoms in total. The Kier molecular flexibility index (Phi) is 3.12. The molecule has 0 bridgehead atoms. The molecule has 4 rings (SSSR count). The number of benzene rings is 1. The first kappa shape index (κ1) is 13.1. The highest BCUT2D eigenvalue weighted by Crippen LogP contribution is 2.33. The number of hydrogen-bond donors (Lipinski definition) is 0. The van der Waals surface area contributed by atoms with Crippen molar-refractivity contribution >= 4 is 34.4 Å². The summed E-state index contributed by atoms with van der Waals surface area (Å²) in [5.74, 6) is 1.24. The lowest BCUT2D eigenvalue weighted by atomic mass is 10.1. The Morgan fingerprint density at radius 2 is 1.90 bits per heavy atom. The second kappa shape index (κ2) is 5.00. The highest BCUT2D eigenvalue weighted by molar-refractivity contribution is 6.31. The van der Waals surface area contributed by atoms with Gasteiger partial charge in [-0.05, 0) is 30.0 Å². The van der Waals surface area contributed by atoms with Gasteiger partial charge in [-0.25, -0.2) is 9.97 Å². The summed E-state index contributed by atoms with van der Waals surface area (Å²) in [5.41, 5.74) is 4.49. The SMILES string of the molecule is ClCc1nc2cc(Cl)cnc2n1C1Cc2ccccc2C1. The van der Waals surface area contributed by atoms with Crippen molar-refractivity contribution < 1.29 is 0 Å². The van der Waals surface area contributed by atoms with Crippen LogP contribution in [0.2, 0.25) is 5.02 Å². The van der Waals surface area contributed by atoms with Crippen LogP contribution in [0.15, 0.2) is 36.5 Å². The zero-order chi connectivity index (χ0) is 14.4. The summed E-state index contributed by atoms with van der Waals surface area (Å²) >= 11 is 12.1. The minimum atomic E-state index is 0.329. The molecule has 106 valence electrons. The van der Waals surface area contributed by atoms with Gasteiger partial charge in [0.1, 0.15) is 11.3 Å². The minimum Gasteiger partial charge on any atom is -0.308 e. The number of fused-ring (bicyclic) bond motifs is 2. The fourth-order valence-corrected chi connectivity index (χ4v) is 3.54. The molecule has 0 saturated carbocycles. The van der Waals surface area contributed by atoms with E-state index in [1.807, 2.05) is 6.07 Å². The molecule has 1 aromatic carbocycles. The largest absolute Gasteiger partial charge is 0.308 e. The topological polar surface area (TPSA) is 30.7 Å². The number of rotatable bonds is 2. The Balaban J connectivity index is 1.84. The molecule has 0 spiro atoms. The molecule has 21 heavy (non-hydrogen) atoms. The second-order valence-corrected chi connectivity index (χ2v) is 6.06. The van der Waals surface area contributed by atoms with Gasteiger partial charge in [-0.3, -0.25) is 0 Å². The molecule has 2 aromatic heterocycles. The molecule has 2 heterocycles. The summed E-state index contributed by atoms with van der Waals surface area (Å²) in [6.45, 7) is 0. The predicted molar refractivity (Wildman–Crippen MR) is 85.0 cm³/mol. The van der Waals surface area contributed by atoms with Gasteiger partial charge in [0.05, 0.1) is 10.9 Å². The number of aromatic nitrogens is 3. The highest BCUT2D eigenvalue weighted by Gasteiger charge is 2.26. The van der Waals surface area contributed by atoms with Gasteiger partial charge in [-0.1, -0.05) is 35.9 Å². The quantitative estimate of drug-likeness (QED) is 0.664. The van der Waals surface area contributed by atoms with E-state index in [1.165, 1.54) is 11.1 Å². The Hall–Kier alpha value is -1.58. The lowest BCUT2D eigenvalue weighted by Crippen LogP contribution is -2.12. The number of nitrogens with zero attached hydrogens (tertiary/aromatic N) is 3. The van der Waals surface area contributed by atoms with Crippen LogP contribution < -0.4 is 0 Å². The molecule has 5 heteroatoms. The second-order valence-electron chi connectivity index (χ2n) is 5.36. The lowest BCUT2D eigenvalue weighted by Gasteiger charge is -2.14. The molecule has 0 aliphatic heterocycles. The number of hydrogen-bond acceptors (Lipinski definition) is 2. The molecule has 3 aromatic rings. The van der Waals surface area contributed by atoms with Crippen LogP contribution in [0.4, 0.5) is 0 Å². The van der Waals surface area contributed by atoms with Gasteiger partial charge in [0.2, 0.25) is 0 Å². The Morgan fingerprint density at radius 3 is 2.57 bits per heavy atom. The third kappa shape index (κ3) is 2.12. The highest BCUT2D eigenvalue weighted by atomic mass is 35.5. The molecule has 1 aliphatic rings. The van der Waals surface area contributed by atoms with E-state index in [0.29, 0.717) is 16.9 Å². The van der Waals surface area contributed by atoms with Crippen LogP contribution in [0.1, 0.15) is 23.0 Å². The van der Waals surface area contributed by atoms with Crippen molar-refractivity contribution in [1.29, 1.82) is 0 Å². The van der Waals surface area contributed by atoms with E-state index in [4.69, 9.17) is 23.2 Å². The Labute approximate surface area is 132 Å². The summed E-state index contributed by atoms with van der Waals surface area (Å²) in [4.78, 5) is 9.05. The smallest absolute Gasteiger partial charge is 0.160 e. The first-order chi connectivity index (χ1) is 10.3. The van der Waals surface area contributed by atoms with Crippen LogP contribution in [-0.4, -0.2) is 14.5 Å². The first-order valence-corrected chi connectivity index (χ1v) is 7.82. The lowest BCUT2D eigenvalue weighted by molar-refractivity contribution is 0.525. The number of imidazole rings is 1. The van der Waals surface area contributed by atoms with Crippen LogP contribution in [0.3, 0.4) is 0 Å². The molecule has 0 radical (unpaired) electrons. The molecule has 0 fully saturated rings. The van der Waals surface area contributed by atoms with Gasteiger partial charge < -0.3 is 4.57 Å². The predicted octanol–water partition coefficient (Wildman–Crippen LogP) is 4.16. The van der Waals surface area contributed by atoms with E-state index in [0.717, 1.165) is 29.8 Å². The van der Waals surface area contributed by atoms with Crippen LogP contribution in [0.5, 0.6) is 0 Å². The van der Waals surface area contributed by atoms with E-state index < -0.39 is 0 Å². The summed E-state index contributed by atoms with van der Waals surface area (Å²) in [6, 6.07) is 10.7. The maximum Gasteiger partial charge on any atom is 0.160 e. The third-order valence-electron chi connectivity index (χ3n) is 4.08. The average Bonchev–Trinajstić information content (AvgIpc) is 3.06. The van der Waals surface area contributed by atoms with Crippen molar-refractivity contribution in [3.63, 3.8) is 0 Å². The van der Waals surface area contributed by atoms with Gasteiger partial charge in [-0.2, -0.15) is 0 Å². The first-order valence-electron chi connectivity index (χ1n) is 6.91. The molecule has 0 N–H and O–H groups in total. The van der Waals surface area contributed by atoms with Crippen LogP contribution >= 0.6 is 23.2 Å². The third-order valence-corrected chi connectivity index (χ3v) is 4.53. The van der Waals surface area contributed by atoms with Gasteiger partial charge in [0, 0.05) is 12.2 Å². The van der Waals surface area contributed by atoms with E-state index in [-0.39, 0.29) is 0 Å². The van der Waals surface area contributed by atoms with Crippen molar-refractivity contribution in [2.45, 2.75) is 24.8 Å². The normalized spacial score (nSPS) is 14.8. The van der Waals surface area contributed by atoms with Crippen molar-refractivity contribution in [3.8, 4) is 0 Å². The monoisotopic (exact) mass is 317 g/mol. The van der Waals surface area contributed by atoms with Gasteiger partial charge in [0.15, 0.2) is 5.65 Å². The van der Waals surface area contributed by atoms with Crippen molar-refractivity contribution in [2.75, 3.05) is 0 Å². The molecule has 0 atom stereocenters. The zero-order valence-electron chi connectivity index (χ0n) is 11.3. The molecule has 1 aliphatic carbocycles. The van der Waals surface area contributed by atoms with E-state index in [1.54, 1.807) is 6.20 Å². The van der Waals surface area contributed by atoms with Gasteiger partial charge in [0.25, 0.3) is 0 Å². The van der Waals surface area contributed by atoms with E-state index in [9.17, 15) is 0 Å². The summed E-state index contributed by atoms with van der Waals surface area (Å²) in [7, 11) is 0. The molecular weight excluding hydrogens is 305 g/mol. The summed E-state index contributed by atoms with van der Waals surface area (Å²) < 4.78 is 2.18. The molecule has 0 unspecified atom stereocenters. The Morgan fingerprint density at radius 1 is 1.19 bits per heavy atom. The average molecular weight is 318 g/mol. The fraction of sp³-hybridized carbons (Fsp3) is 0.250. The van der Waals surface area contributed by atoms with Crippen LogP contribution in [0, 0.1) is 0 Å². The summed E-state index contributed by atoms with van der Waals surface area (Å²) in [6.07, 6.45) is 3.66. The maximum atomic E-state index is 6.09. The van der Waals surface area contributed by atoms with Crippen molar-refractivity contribution in [2.24, 2.45) is 0 Å². The minimum absolute atomic E-state index is 0.329. The number of halogens is 2. The van der Waals surface area contributed by atoms with Gasteiger partial charge in [-0.15, -0.1) is 11.6 Å². The van der Waals surface area contributed by atoms with Crippen LogP contribution in [-0.2, 0) is 18.7 Å². The molecule has 0 saturated heterocycles. The Bertz CT molecular complexity index is 801. The van der Waals surface area contributed by atoms with Crippen LogP contribution in [0.25, 0.3) is 11.2 Å². The van der Waals surface area contributed by atoms with Crippen molar-refractivity contribution in [1.82, 2.24) is 14.5 Å². The van der Waals surface area contributed by atoms with E-state index in [2.05, 4.69) is 38.8 Å². The maximum absolute atomic E-state index is 6.09. The van der Waals surface area contributed by atoms with E-state index >= 15 is 0 Å². The number of pyridine rings is 1. The van der Waals surface area contributed by atoms with Gasteiger partial charge >= 0.3 is 0 Å². The molecule has 0 amide bonds. The van der Waals surface area contributed by atoms with Crippen molar-refractivity contribution in [3.05, 3.63) is 58.5 Å².